The summed E-state index contributed by atoms with van der Waals surface area (Å²) in [6.07, 6.45) is 2.53. The number of nitrogens with two attached hydrogens (primary N) is 1. The molecule has 2 atom stereocenters. The van der Waals surface area contributed by atoms with Gasteiger partial charge in [0.05, 0.1) is 0 Å². The number of H-pyrrole nitrogens is 1. The van der Waals surface area contributed by atoms with Crippen LogP contribution >= 0.6 is 0 Å². The maximum Gasteiger partial charge on any atom is 0.243 e. The third kappa shape index (κ3) is 3.18. The number of benzene rings is 1. The van der Waals surface area contributed by atoms with Gasteiger partial charge in [-0.15, -0.1) is 0 Å². The molecule has 2 aromatic rings. The number of amides is 3. The summed E-state index contributed by atoms with van der Waals surface area (Å²) in [5.74, 6) is -1.02. The maximum atomic E-state index is 12.2. The molecular weight excluding hydrogens is 296 g/mol. The van der Waals surface area contributed by atoms with Crippen molar-refractivity contribution in [2.45, 2.75) is 31.3 Å². The molecule has 1 aliphatic heterocycles. The van der Waals surface area contributed by atoms with E-state index in [-0.39, 0.29) is 24.7 Å². The first-order valence-electron chi connectivity index (χ1n) is 7.48. The van der Waals surface area contributed by atoms with E-state index < -0.39 is 18.0 Å². The van der Waals surface area contributed by atoms with E-state index in [1.807, 2.05) is 30.5 Å². The number of aromatic amines is 1. The molecule has 1 aromatic heterocycles. The number of primary amides is 1. The van der Waals surface area contributed by atoms with Crippen LogP contribution in [-0.4, -0.2) is 34.8 Å². The van der Waals surface area contributed by atoms with Gasteiger partial charge in [0, 0.05) is 29.9 Å². The van der Waals surface area contributed by atoms with E-state index in [1.54, 1.807) is 0 Å². The number of carbonyl (C=O) groups is 3. The molecule has 120 valence electrons. The largest absolute Gasteiger partial charge is 0.370 e. The Morgan fingerprint density at radius 1 is 1.09 bits per heavy atom. The van der Waals surface area contributed by atoms with Crippen LogP contribution in [0, 0.1) is 0 Å². The van der Waals surface area contributed by atoms with Gasteiger partial charge < -0.3 is 21.4 Å². The summed E-state index contributed by atoms with van der Waals surface area (Å²) >= 11 is 0. The molecule has 5 N–H and O–H groups in total. The lowest BCUT2D eigenvalue weighted by molar-refractivity contribution is -0.137. The van der Waals surface area contributed by atoms with E-state index in [0.717, 1.165) is 16.5 Å². The van der Waals surface area contributed by atoms with Crippen molar-refractivity contribution >= 4 is 28.6 Å². The van der Waals surface area contributed by atoms with Gasteiger partial charge in [-0.25, -0.2) is 0 Å². The van der Waals surface area contributed by atoms with Gasteiger partial charge in [0.15, 0.2) is 0 Å². The highest BCUT2D eigenvalue weighted by Crippen LogP contribution is 2.20. The van der Waals surface area contributed by atoms with Crippen LogP contribution in [0.3, 0.4) is 0 Å². The second kappa shape index (κ2) is 6.12. The fraction of sp³-hybridized carbons (Fsp3) is 0.312. The Bertz CT molecular complexity index is 768. The van der Waals surface area contributed by atoms with Crippen LogP contribution in [-0.2, 0) is 20.8 Å². The predicted octanol–water partition coefficient (Wildman–Crippen LogP) is -0.0409. The molecule has 0 aliphatic carbocycles. The zero-order valence-electron chi connectivity index (χ0n) is 12.5. The number of fused-ring (bicyclic) bond motifs is 1. The van der Waals surface area contributed by atoms with E-state index in [4.69, 9.17) is 5.73 Å². The molecular formula is C16H18N4O3. The highest BCUT2D eigenvalue weighted by Gasteiger charge is 2.33. The van der Waals surface area contributed by atoms with E-state index in [2.05, 4.69) is 15.6 Å². The number of hydrogen-bond acceptors (Lipinski definition) is 3. The quantitative estimate of drug-likeness (QED) is 0.620. The van der Waals surface area contributed by atoms with Crippen molar-refractivity contribution in [3.63, 3.8) is 0 Å². The topological polar surface area (TPSA) is 117 Å². The molecule has 0 spiro atoms. The van der Waals surface area contributed by atoms with Crippen molar-refractivity contribution < 1.29 is 14.4 Å². The van der Waals surface area contributed by atoms with Crippen LogP contribution in [0.4, 0.5) is 0 Å². The Labute approximate surface area is 132 Å². The van der Waals surface area contributed by atoms with Crippen LogP contribution in [0.25, 0.3) is 10.9 Å². The van der Waals surface area contributed by atoms with Gasteiger partial charge in [0.2, 0.25) is 17.7 Å². The monoisotopic (exact) mass is 314 g/mol. The fourth-order valence-corrected chi connectivity index (χ4v) is 2.83. The number of aromatic nitrogens is 1. The highest BCUT2D eigenvalue weighted by atomic mass is 16.2. The Kier molecular flexibility index (Phi) is 4.01. The Morgan fingerprint density at radius 3 is 2.57 bits per heavy atom. The normalized spacial score (nSPS) is 21.0. The van der Waals surface area contributed by atoms with Gasteiger partial charge >= 0.3 is 0 Å². The van der Waals surface area contributed by atoms with Crippen LogP contribution < -0.4 is 16.4 Å². The van der Waals surface area contributed by atoms with Gasteiger partial charge in [-0.05, 0) is 18.1 Å². The minimum absolute atomic E-state index is 0.0610. The van der Waals surface area contributed by atoms with Crippen LogP contribution in [0.1, 0.15) is 18.4 Å². The molecule has 1 saturated heterocycles. The lowest BCUT2D eigenvalue weighted by Gasteiger charge is -2.29. The summed E-state index contributed by atoms with van der Waals surface area (Å²) in [4.78, 5) is 38.2. The first-order chi connectivity index (χ1) is 11.0. The average Bonchev–Trinajstić information content (AvgIpc) is 2.92. The lowest BCUT2D eigenvalue weighted by Crippen LogP contribution is -2.62. The molecule has 7 heteroatoms. The molecule has 0 unspecified atom stereocenters. The fourth-order valence-electron chi connectivity index (χ4n) is 2.83. The van der Waals surface area contributed by atoms with E-state index >= 15 is 0 Å². The molecule has 2 heterocycles. The molecule has 1 aliphatic rings. The van der Waals surface area contributed by atoms with Crippen LogP contribution in [0.2, 0.25) is 0 Å². The summed E-state index contributed by atoms with van der Waals surface area (Å²) < 4.78 is 0. The van der Waals surface area contributed by atoms with Gasteiger partial charge in [-0.1, -0.05) is 18.2 Å². The number of para-hydroxylation sites is 1. The molecule has 0 radical (unpaired) electrons. The van der Waals surface area contributed by atoms with Gasteiger partial charge in [-0.3, -0.25) is 14.4 Å². The Balaban J connectivity index is 1.69. The Hall–Kier alpha value is -2.83. The molecule has 3 amide bonds. The summed E-state index contributed by atoms with van der Waals surface area (Å²) in [5.41, 5.74) is 7.03. The standard InChI is InChI=1S/C16H18N4O3/c17-14(21)6-5-12-15(22)20-13(16(23)19-12)7-9-8-18-11-4-2-1-3-10(9)11/h1-4,8,12-13,18H,5-7H2,(H2,17,21)(H,19,23)(H,20,22)/t12-,13-/m0/s1. The summed E-state index contributed by atoms with van der Waals surface area (Å²) in [6.45, 7) is 0. The summed E-state index contributed by atoms with van der Waals surface area (Å²) in [6, 6.07) is 6.47. The minimum atomic E-state index is -0.700. The van der Waals surface area contributed by atoms with Crippen molar-refractivity contribution in [3.05, 3.63) is 36.0 Å². The first-order valence-corrected chi connectivity index (χ1v) is 7.48. The second-order valence-electron chi connectivity index (χ2n) is 5.69. The second-order valence-corrected chi connectivity index (χ2v) is 5.69. The van der Waals surface area contributed by atoms with Gasteiger partial charge in [-0.2, -0.15) is 0 Å². The van der Waals surface area contributed by atoms with Crippen molar-refractivity contribution in [3.8, 4) is 0 Å². The number of piperazine rings is 1. The zero-order chi connectivity index (χ0) is 16.4. The highest BCUT2D eigenvalue weighted by molar-refractivity contribution is 5.97. The molecule has 7 nitrogen and oxygen atoms in total. The summed E-state index contributed by atoms with van der Waals surface area (Å²) in [5, 5.41) is 6.42. The SMILES string of the molecule is NC(=O)CC[C@@H]1NC(=O)[C@H](Cc2c[nH]c3ccccc23)NC1=O. The molecule has 23 heavy (non-hydrogen) atoms. The molecule has 0 bridgehead atoms. The summed E-state index contributed by atoms with van der Waals surface area (Å²) in [7, 11) is 0. The van der Waals surface area contributed by atoms with Crippen molar-refractivity contribution in [2.75, 3.05) is 0 Å². The van der Waals surface area contributed by atoms with E-state index in [0.29, 0.717) is 6.42 Å². The third-order valence-corrected chi connectivity index (χ3v) is 4.04. The predicted molar refractivity (Wildman–Crippen MR) is 84.3 cm³/mol. The van der Waals surface area contributed by atoms with Crippen molar-refractivity contribution in [1.29, 1.82) is 0 Å². The molecule has 3 rings (SSSR count). The van der Waals surface area contributed by atoms with E-state index in [1.165, 1.54) is 0 Å². The molecule has 0 saturated carbocycles. The molecule has 1 fully saturated rings. The minimum Gasteiger partial charge on any atom is -0.370 e. The zero-order valence-corrected chi connectivity index (χ0v) is 12.5. The Morgan fingerprint density at radius 2 is 1.78 bits per heavy atom. The number of rotatable bonds is 5. The third-order valence-electron chi connectivity index (χ3n) is 4.04. The smallest absolute Gasteiger partial charge is 0.243 e. The van der Waals surface area contributed by atoms with Crippen LogP contribution in [0.5, 0.6) is 0 Å². The van der Waals surface area contributed by atoms with Crippen molar-refractivity contribution in [2.24, 2.45) is 5.73 Å². The number of hydrogen-bond donors (Lipinski definition) is 4. The lowest BCUT2D eigenvalue weighted by atomic mass is 10.00. The van der Waals surface area contributed by atoms with Gasteiger partial charge in [0.25, 0.3) is 0 Å². The average molecular weight is 314 g/mol. The van der Waals surface area contributed by atoms with Gasteiger partial charge in [0.1, 0.15) is 12.1 Å². The number of nitrogens with one attached hydrogen (secondary N) is 3. The van der Waals surface area contributed by atoms with E-state index in [9.17, 15) is 14.4 Å². The maximum absolute atomic E-state index is 12.2. The van der Waals surface area contributed by atoms with Crippen LogP contribution in [0.15, 0.2) is 30.5 Å². The van der Waals surface area contributed by atoms with Crippen molar-refractivity contribution in [1.82, 2.24) is 15.6 Å². The first kappa shape index (κ1) is 15.1. The molecule has 1 aromatic carbocycles. The number of carbonyl (C=O) groups excluding carboxylic acids is 3.